The van der Waals surface area contributed by atoms with E-state index in [4.69, 9.17) is 0 Å². The minimum Gasteiger partial charge on any atom is -0.389 e. The Morgan fingerprint density at radius 1 is 1.33 bits per heavy atom. The fourth-order valence-corrected chi connectivity index (χ4v) is 2.39. The molecule has 0 fully saturated rings. The van der Waals surface area contributed by atoms with Gasteiger partial charge in [-0.1, -0.05) is 12.1 Å². The predicted molar refractivity (Wildman–Crippen MR) is 66.5 cm³/mol. The van der Waals surface area contributed by atoms with Crippen molar-refractivity contribution < 1.29 is 13.5 Å². The van der Waals surface area contributed by atoms with Gasteiger partial charge >= 0.3 is 0 Å². The van der Waals surface area contributed by atoms with E-state index < -0.39 is 16.1 Å². The van der Waals surface area contributed by atoms with E-state index in [1.807, 2.05) is 0 Å². The van der Waals surface area contributed by atoms with Crippen LogP contribution in [-0.2, 0) is 10.0 Å². The van der Waals surface area contributed by atoms with Crippen molar-refractivity contribution in [3.05, 3.63) is 42.4 Å². The largest absolute Gasteiger partial charge is 0.389 e. The molecule has 0 saturated carbocycles. The lowest BCUT2D eigenvalue weighted by atomic mass is 10.1. The number of aromatic amines is 1. The van der Waals surface area contributed by atoms with Crippen molar-refractivity contribution in [3.63, 3.8) is 0 Å². The highest BCUT2D eigenvalue weighted by Gasteiger charge is 2.15. The van der Waals surface area contributed by atoms with Crippen molar-refractivity contribution in [3.8, 4) is 0 Å². The number of nitrogens with one attached hydrogen (secondary N) is 2. The van der Waals surface area contributed by atoms with Crippen molar-refractivity contribution in [2.24, 2.45) is 0 Å². The second-order valence-corrected chi connectivity index (χ2v) is 5.47. The van der Waals surface area contributed by atoms with E-state index in [1.54, 1.807) is 31.2 Å². The zero-order valence-electron chi connectivity index (χ0n) is 9.66. The molecule has 3 N–H and O–H groups in total. The summed E-state index contributed by atoms with van der Waals surface area (Å²) in [5, 5.41) is 9.35. The number of H-pyrrole nitrogens is 1. The summed E-state index contributed by atoms with van der Waals surface area (Å²) in [5.41, 5.74) is 1.15. The van der Waals surface area contributed by atoms with Crippen LogP contribution in [0.5, 0.6) is 0 Å². The number of imidazole rings is 1. The van der Waals surface area contributed by atoms with E-state index in [-0.39, 0.29) is 5.03 Å². The first kappa shape index (κ1) is 12.6. The Kier molecular flexibility index (Phi) is 3.35. The molecule has 0 saturated heterocycles. The summed E-state index contributed by atoms with van der Waals surface area (Å²) in [5.74, 6) is 0. The van der Waals surface area contributed by atoms with Crippen LogP contribution in [0.25, 0.3) is 0 Å². The lowest BCUT2D eigenvalue weighted by Crippen LogP contribution is -2.13. The number of rotatable bonds is 4. The fourth-order valence-electron chi connectivity index (χ4n) is 1.43. The van der Waals surface area contributed by atoms with Crippen LogP contribution in [0.1, 0.15) is 18.6 Å². The highest BCUT2D eigenvalue weighted by molar-refractivity contribution is 7.92. The van der Waals surface area contributed by atoms with Crippen molar-refractivity contribution in [1.29, 1.82) is 0 Å². The van der Waals surface area contributed by atoms with Gasteiger partial charge in [-0.3, -0.25) is 4.72 Å². The molecule has 1 aromatic heterocycles. The van der Waals surface area contributed by atoms with E-state index in [1.165, 1.54) is 12.5 Å². The van der Waals surface area contributed by atoms with Crippen molar-refractivity contribution in [1.82, 2.24) is 9.97 Å². The first-order valence-electron chi connectivity index (χ1n) is 5.28. The standard InChI is InChI=1S/C11H13N3O3S/c1-8(15)9-2-4-10(5-3-9)14-18(16,17)11-6-12-7-13-11/h2-8,14-15H,1H3,(H,12,13). The fraction of sp³-hybridized carbons (Fsp3) is 0.182. The van der Waals surface area contributed by atoms with Gasteiger partial charge in [0.2, 0.25) is 0 Å². The van der Waals surface area contributed by atoms with Gasteiger partial charge in [-0.15, -0.1) is 0 Å². The number of anilines is 1. The van der Waals surface area contributed by atoms with Gasteiger partial charge in [0.1, 0.15) is 0 Å². The van der Waals surface area contributed by atoms with Gasteiger partial charge in [0.15, 0.2) is 5.03 Å². The Morgan fingerprint density at radius 3 is 2.50 bits per heavy atom. The van der Waals surface area contributed by atoms with Crippen LogP contribution in [0, 0.1) is 0 Å². The molecule has 1 aromatic carbocycles. The average Bonchev–Trinajstić information content (AvgIpc) is 2.83. The molecule has 0 aliphatic rings. The van der Waals surface area contributed by atoms with Crippen molar-refractivity contribution in [2.75, 3.05) is 4.72 Å². The average molecular weight is 267 g/mol. The van der Waals surface area contributed by atoms with Crippen LogP contribution < -0.4 is 4.72 Å². The number of nitrogens with zero attached hydrogens (tertiary/aromatic N) is 1. The second kappa shape index (κ2) is 4.79. The molecule has 18 heavy (non-hydrogen) atoms. The highest BCUT2D eigenvalue weighted by Crippen LogP contribution is 2.18. The summed E-state index contributed by atoms with van der Waals surface area (Å²) >= 11 is 0. The molecular formula is C11H13N3O3S. The number of hydrogen-bond acceptors (Lipinski definition) is 4. The first-order valence-corrected chi connectivity index (χ1v) is 6.76. The second-order valence-electron chi connectivity index (χ2n) is 3.82. The van der Waals surface area contributed by atoms with E-state index in [2.05, 4.69) is 14.7 Å². The number of aliphatic hydroxyl groups excluding tert-OH is 1. The molecule has 7 heteroatoms. The molecular weight excluding hydrogens is 254 g/mol. The van der Waals surface area contributed by atoms with Gasteiger partial charge in [0, 0.05) is 5.69 Å². The van der Waals surface area contributed by atoms with E-state index in [9.17, 15) is 13.5 Å². The van der Waals surface area contributed by atoms with Crippen LogP contribution in [0.3, 0.4) is 0 Å². The summed E-state index contributed by atoms with van der Waals surface area (Å²) in [4.78, 5) is 6.19. The SMILES string of the molecule is CC(O)c1ccc(NS(=O)(=O)c2cnc[nH]2)cc1. The molecule has 0 radical (unpaired) electrons. The molecule has 0 spiro atoms. The van der Waals surface area contributed by atoms with Crippen molar-refractivity contribution >= 4 is 15.7 Å². The number of sulfonamides is 1. The molecule has 0 aliphatic heterocycles. The topological polar surface area (TPSA) is 95.1 Å². The minimum absolute atomic E-state index is 0.00195. The van der Waals surface area contributed by atoms with Gasteiger partial charge in [-0.25, -0.2) is 4.98 Å². The highest BCUT2D eigenvalue weighted by atomic mass is 32.2. The molecule has 6 nitrogen and oxygen atoms in total. The van der Waals surface area contributed by atoms with Gasteiger partial charge in [0.25, 0.3) is 10.0 Å². The summed E-state index contributed by atoms with van der Waals surface area (Å²) in [6.07, 6.45) is 1.95. The summed E-state index contributed by atoms with van der Waals surface area (Å²) in [6.45, 7) is 1.64. The third kappa shape index (κ3) is 2.69. The Bertz CT molecular complexity index is 603. The molecule has 96 valence electrons. The number of aliphatic hydroxyl groups is 1. The molecule has 2 aromatic rings. The van der Waals surface area contributed by atoms with Crippen LogP contribution in [0.15, 0.2) is 41.8 Å². The van der Waals surface area contributed by atoms with Crippen molar-refractivity contribution in [2.45, 2.75) is 18.1 Å². The third-order valence-corrected chi connectivity index (χ3v) is 3.71. The summed E-state index contributed by atoms with van der Waals surface area (Å²) in [6, 6.07) is 6.51. The maximum absolute atomic E-state index is 11.8. The Morgan fingerprint density at radius 2 is 2.00 bits per heavy atom. The number of aromatic nitrogens is 2. The van der Waals surface area contributed by atoms with Crippen LogP contribution in [0.2, 0.25) is 0 Å². The first-order chi connectivity index (χ1) is 8.49. The van der Waals surface area contributed by atoms with E-state index in [0.717, 1.165) is 5.56 Å². The number of hydrogen-bond donors (Lipinski definition) is 3. The third-order valence-electron chi connectivity index (χ3n) is 2.41. The van der Waals surface area contributed by atoms with Gasteiger partial charge in [-0.2, -0.15) is 8.42 Å². The maximum atomic E-state index is 11.8. The lowest BCUT2D eigenvalue weighted by Gasteiger charge is -2.08. The van der Waals surface area contributed by atoms with Crippen LogP contribution in [0.4, 0.5) is 5.69 Å². The Labute approximate surface area is 105 Å². The quantitative estimate of drug-likeness (QED) is 0.777. The molecule has 1 unspecified atom stereocenters. The van der Waals surface area contributed by atoms with E-state index in [0.29, 0.717) is 5.69 Å². The molecule has 1 atom stereocenters. The maximum Gasteiger partial charge on any atom is 0.278 e. The molecule has 0 aliphatic carbocycles. The van der Waals surface area contributed by atoms with Crippen LogP contribution >= 0.6 is 0 Å². The van der Waals surface area contributed by atoms with Crippen LogP contribution in [-0.4, -0.2) is 23.5 Å². The Balaban J connectivity index is 2.20. The minimum atomic E-state index is -3.63. The molecule has 1 heterocycles. The van der Waals surface area contributed by atoms with Gasteiger partial charge in [-0.05, 0) is 24.6 Å². The monoisotopic (exact) mass is 267 g/mol. The lowest BCUT2D eigenvalue weighted by molar-refractivity contribution is 0.199. The Hall–Kier alpha value is -1.86. The molecule has 2 rings (SSSR count). The zero-order valence-corrected chi connectivity index (χ0v) is 10.5. The predicted octanol–water partition coefficient (Wildman–Crippen LogP) is 1.26. The summed E-state index contributed by atoms with van der Waals surface area (Å²) < 4.78 is 26.1. The smallest absolute Gasteiger partial charge is 0.278 e. The molecule has 0 bridgehead atoms. The molecule has 0 amide bonds. The summed E-state index contributed by atoms with van der Waals surface area (Å²) in [7, 11) is -3.63. The van der Waals surface area contributed by atoms with Gasteiger partial charge in [0.05, 0.1) is 18.6 Å². The number of benzene rings is 1. The zero-order chi connectivity index (χ0) is 13.2. The normalized spacial score (nSPS) is 13.2. The van der Waals surface area contributed by atoms with E-state index >= 15 is 0 Å². The van der Waals surface area contributed by atoms with Gasteiger partial charge < -0.3 is 10.1 Å².